The molecule has 0 aliphatic rings. The summed E-state index contributed by atoms with van der Waals surface area (Å²) in [6, 6.07) is 4.54. The van der Waals surface area contributed by atoms with Crippen molar-refractivity contribution in [2.75, 3.05) is 13.1 Å². The second-order valence-corrected chi connectivity index (χ2v) is 5.75. The summed E-state index contributed by atoms with van der Waals surface area (Å²) in [7, 11) is -4.53. The molecule has 0 unspecified atom stereocenters. The van der Waals surface area contributed by atoms with Crippen LogP contribution in [0.1, 0.15) is 17.3 Å². The van der Waals surface area contributed by atoms with E-state index >= 15 is 0 Å². The molecule has 0 heterocycles. The van der Waals surface area contributed by atoms with Crippen LogP contribution in [0.15, 0.2) is 29.2 Å². The molecule has 112 valence electrons. The maximum absolute atomic E-state index is 12.4. The van der Waals surface area contributed by atoms with E-state index in [0.717, 1.165) is 12.1 Å². The smallest absolute Gasteiger partial charge is 0.402 e. The summed E-state index contributed by atoms with van der Waals surface area (Å²) in [5.41, 5.74) is -0.562. The summed E-state index contributed by atoms with van der Waals surface area (Å²) in [6.07, 6.45) is -4.71. The third-order valence-electron chi connectivity index (χ3n) is 2.44. The molecule has 0 aliphatic heterocycles. The van der Waals surface area contributed by atoms with Crippen LogP contribution in [0, 0.1) is 0 Å². The monoisotopic (exact) mass is 311 g/mol. The van der Waals surface area contributed by atoms with Gasteiger partial charge in [0.25, 0.3) is 0 Å². The summed E-state index contributed by atoms with van der Waals surface area (Å²) >= 11 is 0. The number of carboxylic acid groups (broad SMARTS) is 1. The highest BCUT2D eigenvalue weighted by Gasteiger charge is 2.37. The van der Waals surface area contributed by atoms with E-state index in [4.69, 9.17) is 5.11 Å². The van der Waals surface area contributed by atoms with Crippen molar-refractivity contribution in [3.8, 4) is 0 Å². The molecule has 0 saturated carbocycles. The lowest BCUT2D eigenvalue weighted by Crippen LogP contribution is -2.39. The molecule has 0 aromatic heterocycles. The fourth-order valence-corrected chi connectivity index (χ4v) is 3.19. The topological polar surface area (TPSA) is 74.7 Å². The Labute approximate surface area is 113 Å². The second-order valence-electron chi connectivity index (χ2n) is 3.85. The molecule has 1 N–H and O–H groups in total. The van der Waals surface area contributed by atoms with E-state index in [1.807, 2.05) is 0 Å². The molecule has 0 spiro atoms. The van der Waals surface area contributed by atoms with Gasteiger partial charge in [-0.2, -0.15) is 17.5 Å². The van der Waals surface area contributed by atoms with Crippen LogP contribution in [-0.2, 0) is 10.0 Å². The molecule has 5 nitrogen and oxygen atoms in total. The van der Waals surface area contributed by atoms with E-state index in [-0.39, 0.29) is 4.31 Å². The Bertz CT molecular complexity index is 598. The van der Waals surface area contributed by atoms with Gasteiger partial charge in [0.2, 0.25) is 10.0 Å². The van der Waals surface area contributed by atoms with Gasteiger partial charge in [0.05, 0.1) is 10.5 Å². The van der Waals surface area contributed by atoms with Crippen LogP contribution in [0.5, 0.6) is 0 Å². The highest BCUT2D eigenvalue weighted by atomic mass is 32.2. The Morgan fingerprint density at radius 1 is 1.30 bits per heavy atom. The molecule has 0 amide bonds. The third-order valence-corrected chi connectivity index (χ3v) is 4.42. The minimum atomic E-state index is -4.71. The number of halogens is 3. The lowest BCUT2D eigenvalue weighted by molar-refractivity contribution is -0.135. The lowest BCUT2D eigenvalue weighted by atomic mass is 10.2. The number of nitrogens with zero attached hydrogens (tertiary/aromatic N) is 1. The van der Waals surface area contributed by atoms with E-state index < -0.39 is 45.7 Å². The number of hydrogen-bond donors (Lipinski definition) is 1. The molecule has 0 bridgehead atoms. The first-order valence-electron chi connectivity index (χ1n) is 5.49. The second kappa shape index (κ2) is 5.80. The zero-order valence-electron chi connectivity index (χ0n) is 10.4. The largest absolute Gasteiger partial charge is 0.478 e. The van der Waals surface area contributed by atoms with Gasteiger partial charge in [-0.1, -0.05) is 19.1 Å². The quantitative estimate of drug-likeness (QED) is 0.902. The van der Waals surface area contributed by atoms with Crippen LogP contribution in [-0.4, -0.2) is 43.1 Å². The molecule has 0 fully saturated rings. The molecular formula is C11H12F3NO4S. The summed E-state index contributed by atoms with van der Waals surface area (Å²) in [5, 5.41) is 8.91. The molecule has 0 saturated heterocycles. The first kappa shape index (κ1) is 16.4. The Morgan fingerprint density at radius 2 is 1.85 bits per heavy atom. The summed E-state index contributed by atoms with van der Waals surface area (Å²) in [5.74, 6) is -1.52. The van der Waals surface area contributed by atoms with E-state index in [2.05, 4.69) is 0 Å². The van der Waals surface area contributed by atoms with Crippen molar-refractivity contribution in [3.63, 3.8) is 0 Å². The molecule has 20 heavy (non-hydrogen) atoms. The molecular weight excluding hydrogens is 299 g/mol. The van der Waals surface area contributed by atoms with Crippen molar-refractivity contribution in [1.29, 1.82) is 0 Å². The van der Waals surface area contributed by atoms with E-state index in [9.17, 15) is 26.4 Å². The van der Waals surface area contributed by atoms with E-state index in [0.29, 0.717) is 0 Å². The molecule has 9 heteroatoms. The van der Waals surface area contributed by atoms with Crippen molar-refractivity contribution in [2.24, 2.45) is 0 Å². The fraction of sp³-hybridized carbons (Fsp3) is 0.364. The number of hydrogen-bond acceptors (Lipinski definition) is 3. The molecule has 1 aromatic rings. The van der Waals surface area contributed by atoms with Crippen LogP contribution in [0.2, 0.25) is 0 Å². The number of carboxylic acids is 1. The van der Waals surface area contributed by atoms with Crippen LogP contribution >= 0.6 is 0 Å². The molecule has 1 aromatic carbocycles. The maximum Gasteiger partial charge on any atom is 0.402 e. The van der Waals surface area contributed by atoms with Crippen LogP contribution in [0.3, 0.4) is 0 Å². The van der Waals surface area contributed by atoms with E-state index in [1.54, 1.807) is 0 Å². The van der Waals surface area contributed by atoms with Gasteiger partial charge in [-0.25, -0.2) is 13.2 Å². The Hall–Kier alpha value is -1.61. The van der Waals surface area contributed by atoms with Crippen molar-refractivity contribution < 1.29 is 31.5 Å². The minimum absolute atomic E-state index is 0.189. The van der Waals surface area contributed by atoms with Crippen molar-refractivity contribution in [2.45, 2.75) is 18.0 Å². The van der Waals surface area contributed by atoms with Gasteiger partial charge in [-0.05, 0) is 12.1 Å². The van der Waals surface area contributed by atoms with Gasteiger partial charge in [0.1, 0.15) is 6.54 Å². The SMILES string of the molecule is CCN(CC(F)(F)F)S(=O)(=O)c1ccccc1C(=O)O. The highest BCUT2D eigenvalue weighted by molar-refractivity contribution is 7.89. The number of carbonyl (C=O) groups is 1. The lowest BCUT2D eigenvalue weighted by Gasteiger charge is -2.22. The van der Waals surface area contributed by atoms with Gasteiger partial charge in [-0.3, -0.25) is 0 Å². The van der Waals surface area contributed by atoms with Crippen LogP contribution < -0.4 is 0 Å². The standard InChI is InChI=1S/C11H12F3NO4S/c1-2-15(7-11(12,13)14)20(18,19)9-6-4-3-5-8(9)10(16)17/h3-6H,2,7H2,1H3,(H,16,17). The van der Waals surface area contributed by atoms with Gasteiger partial charge in [0, 0.05) is 6.54 Å². The number of benzene rings is 1. The first-order valence-corrected chi connectivity index (χ1v) is 6.93. The van der Waals surface area contributed by atoms with Crippen molar-refractivity contribution in [1.82, 2.24) is 4.31 Å². The molecule has 0 aliphatic carbocycles. The predicted octanol–water partition coefficient (Wildman–Crippen LogP) is 1.96. The number of sulfonamides is 1. The van der Waals surface area contributed by atoms with Crippen LogP contribution in [0.4, 0.5) is 13.2 Å². The molecule has 0 atom stereocenters. The Kier molecular flexibility index (Phi) is 4.77. The average molecular weight is 311 g/mol. The van der Waals surface area contributed by atoms with Crippen molar-refractivity contribution in [3.05, 3.63) is 29.8 Å². The van der Waals surface area contributed by atoms with Gasteiger partial charge >= 0.3 is 12.1 Å². The minimum Gasteiger partial charge on any atom is -0.478 e. The zero-order chi connectivity index (χ0) is 15.6. The van der Waals surface area contributed by atoms with Gasteiger partial charge in [-0.15, -0.1) is 0 Å². The first-order chi connectivity index (χ1) is 9.09. The third kappa shape index (κ3) is 3.70. The normalized spacial score (nSPS) is 12.7. The summed E-state index contributed by atoms with van der Waals surface area (Å²) in [4.78, 5) is 10.3. The van der Waals surface area contributed by atoms with Crippen LogP contribution in [0.25, 0.3) is 0 Å². The highest BCUT2D eigenvalue weighted by Crippen LogP contribution is 2.24. The maximum atomic E-state index is 12.4. The fourth-order valence-electron chi connectivity index (χ4n) is 1.57. The molecule has 0 radical (unpaired) electrons. The summed E-state index contributed by atoms with van der Waals surface area (Å²) in [6.45, 7) is -0.845. The van der Waals surface area contributed by atoms with Gasteiger partial charge in [0.15, 0.2) is 0 Å². The van der Waals surface area contributed by atoms with E-state index in [1.165, 1.54) is 19.1 Å². The van der Waals surface area contributed by atoms with Crippen molar-refractivity contribution >= 4 is 16.0 Å². The average Bonchev–Trinajstić information content (AvgIpc) is 2.34. The van der Waals surface area contributed by atoms with Gasteiger partial charge < -0.3 is 5.11 Å². The Morgan fingerprint density at radius 3 is 2.30 bits per heavy atom. The zero-order valence-corrected chi connectivity index (χ0v) is 11.2. The molecule has 1 rings (SSSR count). The summed E-state index contributed by atoms with van der Waals surface area (Å²) < 4.78 is 61.6. The Balaban J connectivity index is 3.32. The number of alkyl halides is 3. The number of rotatable bonds is 5. The number of aromatic carboxylic acids is 1. The predicted molar refractivity (Wildman–Crippen MR) is 63.9 cm³/mol.